The van der Waals surface area contributed by atoms with Crippen molar-refractivity contribution in [1.29, 1.82) is 0 Å². The van der Waals surface area contributed by atoms with Gasteiger partial charge in [0.2, 0.25) is 5.91 Å². The highest BCUT2D eigenvalue weighted by molar-refractivity contribution is 5.85. The third kappa shape index (κ3) is 5.23. The average molecular weight is 375 g/mol. The van der Waals surface area contributed by atoms with Crippen LogP contribution < -0.4 is 11.1 Å². The van der Waals surface area contributed by atoms with Crippen LogP contribution in [0, 0.1) is 6.92 Å². The molecule has 1 amide bonds. The number of hydrogen-bond acceptors (Lipinski definition) is 3. The number of nitrogens with one attached hydrogen (secondary N) is 1. The van der Waals surface area contributed by atoms with Crippen molar-refractivity contribution in [1.82, 2.24) is 5.32 Å². The highest BCUT2D eigenvalue weighted by Gasteiger charge is 2.28. The lowest BCUT2D eigenvalue weighted by molar-refractivity contribution is -0.124. The van der Waals surface area contributed by atoms with Gasteiger partial charge in [-0.2, -0.15) is 0 Å². The van der Waals surface area contributed by atoms with E-state index in [1.54, 1.807) is 0 Å². The van der Waals surface area contributed by atoms with E-state index in [0.717, 1.165) is 36.3 Å². The van der Waals surface area contributed by atoms with Crippen LogP contribution in [0.25, 0.3) is 0 Å². The van der Waals surface area contributed by atoms with Crippen LogP contribution in [0.15, 0.2) is 48.5 Å². The predicted molar refractivity (Wildman–Crippen MR) is 107 cm³/mol. The molecule has 0 radical (unpaired) electrons. The zero-order valence-electron chi connectivity index (χ0n) is 15.1. The number of nitrogens with two attached hydrogens (primary N) is 1. The summed E-state index contributed by atoms with van der Waals surface area (Å²) in [6, 6.07) is 16.1. The third-order valence-electron chi connectivity index (χ3n) is 4.75. The Bertz CT molecular complexity index is 718. The lowest BCUT2D eigenvalue weighted by atomic mass is 9.95. The number of nitrogen functional groups attached to an aromatic ring is 1. The minimum atomic E-state index is -0.0694. The Kier molecular flexibility index (Phi) is 7.49. The molecule has 2 aromatic carbocycles. The van der Waals surface area contributed by atoms with Gasteiger partial charge in [0.05, 0.1) is 6.04 Å². The van der Waals surface area contributed by atoms with Crippen molar-refractivity contribution in [3.63, 3.8) is 0 Å². The second-order valence-corrected chi connectivity index (χ2v) is 6.72. The molecule has 3 rings (SSSR count). The van der Waals surface area contributed by atoms with Gasteiger partial charge in [0.25, 0.3) is 0 Å². The number of anilines is 1. The molecule has 1 heterocycles. The highest BCUT2D eigenvalue weighted by Crippen LogP contribution is 2.28. The Balaban J connectivity index is 0.00000243. The Morgan fingerprint density at radius 3 is 2.65 bits per heavy atom. The van der Waals surface area contributed by atoms with Crippen LogP contribution in [0.3, 0.4) is 0 Å². The molecule has 26 heavy (non-hydrogen) atoms. The molecule has 2 aromatic rings. The number of carbonyl (C=O) groups is 1. The van der Waals surface area contributed by atoms with Crippen molar-refractivity contribution >= 4 is 24.0 Å². The number of halogens is 1. The van der Waals surface area contributed by atoms with E-state index in [1.807, 2.05) is 24.3 Å². The van der Waals surface area contributed by atoms with Gasteiger partial charge in [-0.3, -0.25) is 4.79 Å². The summed E-state index contributed by atoms with van der Waals surface area (Å²) in [5.41, 5.74) is 10.1. The summed E-state index contributed by atoms with van der Waals surface area (Å²) in [4.78, 5) is 12.4. The first-order chi connectivity index (χ1) is 12.1. The molecule has 0 aromatic heterocycles. The fraction of sp³-hybridized carbons (Fsp3) is 0.381. The quantitative estimate of drug-likeness (QED) is 0.778. The second-order valence-electron chi connectivity index (χ2n) is 6.72. The van der Waals surface area contributed by atoms with Crippen LogP contribution in [0.4, 0.5) is 5.69 Å². The Hall–Kier alpha value is -2.04. The SMILES string of the molecule is Cc1ccc(C2OCCCC2NC(=O)CCc2ccccc2N)cc1.Cl. The summed E-state index contributed by atoms with van der Waals surface area (Å²) < 4.78 is 5.96. The van der Waals surface area contributed by atoms with Crippen molar-refractivity contribution in [3.05, 3.63) is 65.2 Å². The molecule has 2 atom stereocenters. The summed E-state index contributed by atoms with van der Waals surface area (Å²) in [7, 11) is 0. The fourth-order valence-corrected chi connectivity index (χ4v) is 3.30. The number of aryl methyl sites for hydroxylation is 2. The van der Waals surface area contributed by atoms with Crippen LogP contribution in [0.2, 0.25) is 0 Å². The zero-order valence-corrected chi connectivity index (χ0v) is 15.9. The molecule has 1 saturated heterocycles. The molecule has 0 saturated carbocycles. The van der Waals surface area contributed by atoms with Crippen molar-refractivity contribution in [2.75, 3.05) is 12.3 Å². The number of amides is 1. The summed E-state index contributed by atoms with van der Waals surface area (Å²) >= 11 is 0. The molecule has 0 bridgehead atoms. The van der Waals surface area contributed by atoms with E-state index in [1.165, 1.54) is 5.56 Å². The van der Waals surface area contributed by atoms with Gasteiger partial charge in [-0.25, -0.2) is 0 Å². The van der Waals surface area contributed by atoms with Crippen molar-refractivity contribution in [3.8, 4) is 0 Å². The van der Waals surface area contributed by atoms with Crippen LogP contribution in [0.1, 0.15) is 42.1 Å². The molecular formula is C21H27ClN2O2. The van der Waals surface area contributed by atoms with Gasteiger partial charge in [0, 0.05) is 18.7 Å². The Morgan fingerprint density at radius 2 is 1.92 bits per heavy atom. The molecule has 140 valence electrons. The molecule has 2 unspecified atom stereocenters. The minimum Gasteiger partial charge on any atom is -0.399 e. The fourth-order valence-electron chi connectivity index (χ4n) is 3.30. The normalized spacial score (nSPS) is 19.4. The van der Waals surface area contributed by atoms with E-state index in [2.05, 4.69) is 36.5 Å². The largest absolute Gasteiger partial charge is 0.399 e. The van der Waals surface area contributed by atoms with E-state index < -0.39 is 0 Å². The van der Waals surface area contributed by atoms with Crippen LogP contribution in [-0.2, 0) is 16.0 Å². The van der Waals surface area contributed by atoms with Gasteiger partial charge >= 0.3 is 0 Å². The lowest BCUT2D eigenvalue weighted by Crippen LogP contribution is -2.42. The molecule has 0 spiro atoms. The Labute approximate surface area is 161 Å². The van der Waals surface area contributed by atoms with Crippen LogP contribution >= 0.6 is 12.4 Å². The maximum atomic E-state index is 12.4. The zero-order chi connectivity index (χ0) is 17.6. The van der Waals surface area contributed by atoms with Gasteiger partial charge < -0.3 is 15.8 Å². The molecular weight excluding hydrogens is 348 g/mol. The Morgan fingerprint density at radius 1 is 1.19 bits per heavy atom. The topological polar surface area (TPSA) is 64.3 Å². The monoisotopic (exact) mass is 374 g/mol. The van der Waals surface area contributed by atoms with Gasteiger partial charge in [-0.05, 0) is 43.4 Å². The third-order valence-corrected chi connectivity index (χ3v) is 4.75. The van der Waals surface area contributed by atoms with Crippen molar-refractivity contribution in [2.45, 2.75) is 44.8 Å². The molecule has 1 fully saturated rings. The maximum absolute atomic E-state index is 12.4. The van der Waals surface area contributed by atoms with Crippen molar-refractivity contribution in [2.24, 2.45) is 0 Å². The van der Waals surface area contributed by atoms with E-state index in [0.29, 0.717) is 12.8 Å². The summed E-state index contributed by atoms with van der Waals surface area (Å²) in [5.74, 6) is 0.0517. The molecule has 1 aliphatic heterocycles. The van der Waals surface area contributed by atoms with Crippen LogP contribution in [-0.4, -0.2) is 18.6 Å². The predicted octanol–water partition coefficient (Wildman–Crippen LogP) is 3.97. The number of benzene rings is 2. The standard InChI is InChI=1S/C21H26N2O2.ClH/c1-15-8-10-17(11-9-15)21-19(7-4-14-25-21)23-20(24)13-12-16-5-2-3-6-18(16)22;/h2-3,5-6,8-11,19,21H,4,7,12-14,22H2,1H3,(H,23,24);1H. The van der Waals surface area contributed by atoms with Crippen molar-refractivity contribution < 1.29 is 9.53 Å². The molecule has 3 N–H and O–H groups in total. The maximum Gasteiger partial charge on any atom is 0.220 e. The van der Waals surface area contributed by atoms with Gasteiger partial charge in [-0.1, -0.05) is 48.0 Å². The number of carbonyl (C=O) groups excluding carboxylic acids is 1. The molecule has 0 aliphatic carbocycles. The lowest BCUT2D eigenvalue weighted by Gasteiger charge is -2.32. The molecule has 1 aliphatic rings. The van der Waals surface area contributed by atoms with E-state index in [-0.39, 0.29) is 30.5 Å². The number of hydrogen-bond donors (Lipinski definition) is 2. The highest BCUT2D eigenvalue weighted by atomic mass is 35.5. The van der Waals surface area contributed by atoms with Gasteiger partial charge in [-0.15, -0.1) is 12.4 Å². The smallest absolute Gasteiger partial charge is 0.220 e. The summed E-state index contributed by atoms with van der Waals surface area (Å²) in [6.45, 7) is 2.81. The molecule has 4 nitrogen and oxygen atoms in total. The summed E-state index contributed by atoms with van der Waals surface area (Å²) in [5, 5.41) is 3.17. The van der Waals surface area contributed by atoms with Crippen LogP contribution in [0.5, 0.6) is 0 Å². The minimum absolute atomic E-state index is 0. The average Bonchev–Trinajstić information content (AvgIpc) is 2.62. The van der Waals surface area contributed by atoms with Gasteiger partial charge in [0.15, 0.2) is 0 Å². The van der Waals surface area contributed by atoms with Gasteiger partial charge in [0.1, 0.15) is 6.10 Å². The second kappa shape index (κ2) is 9.60. The number of ether oxygens (including phenoxy) is 1. The number of rotatable bonds is 5. The van der Waals surface area contributed by atoms with E-state index in [4.69, 9.17) is 10.5 Å². The van der Waals surface area contributed by atoms with E-state index >= 15 is 0 Å². The molecule has 5 heteroatoms. The summed E-state index contributed by atoms with van der Waals surface area (Å²) in [6.07, 6.45) is 2.93. The first-order valence-corrected chi connectivity index (χ1v) is 8.94. The van der Waals surface area contributed by atoms with E-state index in [9.17, 15) is 4.79 Å². The first kappa shape index (κ1) is 20.3. The first-order valence-electron chi connectivity index (χ1n) is 8.94. The number of para-hydroxylation sites is 1.